The first-order valence-corrected chi connectivity index (χ1v) is 6.10. The topological polar surface area (TPSA) is 63.6 Å². The molecule has 1 unspecified atom stereocenters. The van der Waals surface area contributed by atoms with Crippen molar-refractivity contribution >= 4 is 20.1 Å². The summed E-state index contributed by atoms with van der Waals surface area (Å²) in [6.45, 7) is 0. The highest BCUT2D eigenvalue weighted by Gasteiger charge is 2.21. The Morgan fingerprint density at radius 2 is 2.06 bits per heavy atom. The minimum Gasteiger partial charge on any atom is -0.466 e. The number of rotatable bonds is 4. The number of benzene rings is 1. The Morgan fingerprint density at radius 3 is 2.53 bits per heavy atom. The molecule has 0 aliphatic rings. The maximum atomic E-state index is 12.7. The Bertz CT molecular complexity index is 453. The van der Waals surface area contributed by atoms with Crippen molar-refractivity contribution in [2.24, 2.45) is 0 Å². The van der Waals surface area contributed by atoms with E-state index in [1.807, 2.05) is 0 Å². The van der Waals surface area contributed by atoms with Gasteiger partial charge in [-0.05, 0) is 28.3 Å². The summed E-state index contributed by atoms with van der Waals surface area (Å²) in [5, 5.41) is 0. The van der Waals surface area contributed by atoms with Crippen molar-refractivity contribution in [1.29, 1.82) is 0 Å². The number of methoxy groups -OCH3 is 1. The van der Waals surface area contributed by atoms with Gasteiger partial charge >= 0.3 is 14.0 Å². The van der Waals surface area contributed by atoms with Crippen LogP contribution in [0.15, 0.2) is 29.8 Å². The maximum Gasteiger partial charge on any atom is 0.510 e. The van der Waals surface area contributed by atoms with E-state index in [4.69, 9.17) is 4.89 Å². The van der Waals surface area contributed by atoms with Crippen LogP contribution in [0.2, 0.25) is 0 Å². The average molecular weight is 257 g/mol. The van der Waals surface area contributed by atoms with Crippen LogP contribution in [-0.4, -0.2) is 24.1 Å². The van der Waals surface area contributed by atoms with E-state index < -0.39 is 19.8 Å². The van der Waals surface area contributed by atoms with Gasteiger partial charge in [0.05, 0.1) is 12.7 Å². The van der Waals surface area contributed by atoms with Crippen LogP contribution in [0.3, 0.4) is 0 Å². The van der Waals surface area contributed by atoms with Gasteiger partial charge in [-0.3, -0.25) is 0 Å². The fourth-order valence-corrected chi connectivity index (χ4v) is 1.72. The number of halogens is 1. The summed E-state index contributed by atoms with van der Waals surface area (Å²) >= 11 is 0. The molecule has 0 aliphatic carbocycles. The lowest BCUT2D eigenvalue weighted by Gasteiger charge is -1.99. The zero-order chi connectivity index (χ0) is 12.8. The van der Waals surface area contributed by atoms with Crippen molar-refractivity contribution in [2.45, 2.75) is 0 Å². The second-order valence-electron chi connectivity index (χ2n) is 3.22. The van der Waals surface area contributed by atoms with Crippen LogP contribution in [-0.2, 0) is 14.1 Å². The highest BCUT2D eigenvalue weighted by Crippen LogP contribution is 2.20. The molecule has 1 N–H and O–H groups in total. The monoisotopic (exact) mass is 257 g/mol. The molecule has 0 bridgehead atoms. The van der Waals surface area contributed by atoms with Gasteiger partial charge in [-0.25, -0.2) is 9.18 Å². The first-order chi connectivity index (χ1) is 8.02. The minimum atomic E-state index is -2.47. The van der Waals surface area contributed by atoms with Crippen molar-refractivity contribution in [3.63, 3.8) is 0 Å². The van der Waals surface area contributed by atoms with Crippen LogP contribution in [0.4, 0.5) is 4.39 Å². The van der Waals surface area contributed by atoms with E-state index in [0.29, 0.717) is 5.56 Å². The van der Waals surface area contributed by atoms with Gasteiger partial charge < -0.3 is 4.74 Å². The predicted molar refractivity (Wildman–Crippen MR) is 61.1 cm³/mol. The summed E-state index contributed by atoms with van der Waals surface area (Å²) in [4.78, 5) is 20.1. The van der Waals surface area contributed by atoms with Crippen LogP contribution in [0.25, 0.3) is 6.08 Å². The number of esters is 1. The molecule has 1 aromatic rings. The average Bonchev–Trinajstić information content (AvgIpc) is 2.29. The van der Waals surface area contributed by atoms with Gasteiger partial charge in [-0.1, -0.05) is 12.1 Å². The van der Waals surface area contributed by atoms with Crippen LogP contribution in [0, 0.1) is 5.82 Å². The first-order valence-electron chi connectivity index (χ1n) is 4.71. The molecule has 1 atom stereocenters. The Balaban J connectivity index is 3.00. The second kappa shape index (κ2) is 6.23. The molecule has 1 rings (SSSR count). The molecule has 0 aliphatic heterocycles. The van der Waals surface area contributed by atoms with E-state index >= 15 is 0 Å². The number of hydrogen-bond donors (Lipinski definition) is 1. The van der Waals surface area contributed by atoms with E-state index in [9.17, 15) is 13.8 Å². The third-order valence-electron chi connectivity index (χ3n) is 1.96. The van der Waals surface area contributed by atoms with E-state index in [1.165, 1.54) is 37.5 Å². The van der Waals surface area contributed by atoms with Crippen LogP contribution < -0.4 is 0 Å². The third kappa shape index (κ3) is 4.43. The predicted octanol–water partition coefficient (Wildman–Crippen LogP) is 2.12. The second-order valence-corrected chi connectivity index (χ2v) is 4.24. The quantitative estimate of drug-likeness (QED) is 0.509. The maximum absolute atomic E-state index is 12.7. The summed E-state index contributed by atoms with van der Waals surface area (Å²) < 4.78 is 27.9. The van der Waals surface area contributed by atoms with E-state index in [1.54, 1.807) is 0 Å². The first kappa shape index (κ1) is 13.5. The number of hydrogen-bond acceptors (Lipinski definition) is 3. The molecule has 0 radical (unpaired) electrons. The van der Waals surface area contributed by atoms with E-state index in [-0.39, 0.29) is 11.7 Å². The van der Waals surface area contributed by atoms with Gasteiger partial charge in [-0.15, -0.1) is 0 Å². The highest BCUT2D eigenvalue weighted by atomic mass is 31.1. The standard InChI is InChI=1S/C11H10FO4P/c1-16-11(13)9(7-17(14)15)6-8-2-4-10(12)5-3-8/h2-6H,7H2,1H3/p+1/b9-6+. The fraction of sp³-hybridized carbons (Fsp3) is 0.182. The van der Waals surface area contributed by atoms with Crippen molar-refractivity contribution in [2.75, 3.05) is 13.3 Å². The van der Waals surface area contributed by atoms with Gasteiger partial charge in [0.25, 0.3) is 0 Å². The van der Waals surface area contributed by atoms with Crippen LogP contribution in [0.1, 0.15) is 5.56 Å². The number of carbonyl (C=O) groups excluding carboxylic acids is 1. The molecule has 1 aromatic carbocycles. The highest BCUT2D eigenvalue weighted by molar-refractivity contribution is 7.38. The van der Waals surface area contributed by atoms with Crippen molar-refractivity contribution in [3.8, 4) is 0 Å². The molecule has 0 saturated heterocycles. The zero-order valence-electron chi connectivity index (χ0n) is 9.09. The van der Waals surface area contributed by atoms with Gasteiger partial charge in [0.1, 0.15) is 5.82 Å². The molecule has 0 aromatic heterocycles. The molecule has 0 saturated carbocycles. The molecule has 0 spiro atoms. The summed E-state index contributed by atoms with van der Waals surface area (Å²) in [7, 11) is -1.29. The molecule has 0 fully saturated rings. The number of carbonyl (C=O) groups is 1. The van der Waals surface area contributed by atoms with Gasteiger partial charge in [0.2, 0.25) is 6.16 Å². The van der Waals surface area contributed by atoms with Crippen molar-refractivity contribution < 1.29 is 23.4 Å². The largest absolute Gasteiger partial charge is 0.510 e. The number of ether oxygens (including phenoxy) is 1. The summed E-state index contributed by atoms with van der Waals surface area (Å²) in [5.41, 5.74) is 0.631. The Kier molecular flexibility index (Phi) is 4.94. The lowest BCUT2D eigenvalue weighted by molar-refractivity contribution is -0.135. The molecular weight excluding hydrogens is 246 g/mol. The van der Waals surface area contributed by atoms with Crippen molar-refractivity contribution in [1.82, 2.24) is 0 Å². The lowest BCUT2D eigenvalue weighted by atomic mass is 10.1. The van der Waals surface area contributed by atoms with Crippen molar-refractivity contribution in [3.05, 3.63) is 41.2 Å². The zero-order valence-corrected chi connectivity index (χ0v) is 9.99. The summed E-state index contributed by atoms with van der Waals surface area (Å²) in [6.07, 6.45) is 1.11. The van der Waals surface area contributed by atoms with Gasteiger partial charge in [0, 0.05) is 0 Å². The third-order valence-corrected chi connectivity index (χ3v) is 2.58. The molecule has 0 heterocycles. The Morgan fingerprint density at radius 1 is 1.47 bits per heavy atom. The summed E-state index contributed by atoms with van der Waals surface area (Å²) in [5.74, 6) is -1.07. The Labute approximate surface area is 98.6 Å². The van der Waals surface area contributed by atoms with Gasteiger partial charge in [-0.2, -0.15) is 4.89 Å². The molecular formula is C11H11FO4P+. The minimum absolute atomic E-state index is 0.0720. The molecule has 6 heteroatoms. The van der Waals surface area contributed by atoms with Crippen LogP contribution in [0.5, 0.6) is 0 Å². The van der Waals surface area contributed by atoms with Crippen LogP contribution >= 0.6 is 8.03 Å². The molecule has 4 nitrogen and oxygen atoms in total. The van der Waals surface area contributed by atoms with E-state index in [2.05, 4.69) is 4.74 Å². The fourth-order valence-electron chi connectivity index (χ4n) is 1.21. The normalized spacial score (nSPS) is 12.2. The molecule has 90 valence electrons. The Hall–Kier alpha value is -1.58. The van der Waals surface area contributed by atoms with E-state index in [0.717, 1.165) is 0 Å². The smallest absolute Gasteiger partial charge is 0.466 e. The lowest BCUT2D eigenvalue weighted by Crippen LogP contribution is -2.06. The SMILES string of the molecule is COC(=O)/C(=C/c1ccc(F)cc1)C[P+](=O)O. The van der Waals surface area contributed by atoms with Gasteiger partial charge in [0.15, 0.2) is 0 Å². The molecule has 0 amide bonds. The summed E-state index contributed by atoms with van der Waals surface area (Å²) in [6, 6.07) is 5.39. The molecule has 17 heavy (non-hydrogen) atoms.